The summed E-state index contributed by atoms with van der Waals surface area (Å²) in [5.41, 5.74) is 1.10. The summed E-state index contributed by atoms with van der Waals surface area (Å²) in [5, 5.41) is 0.896. The summed E-state index contributed by atoms with van der Waals surface area (Å²) in [7, 11) is 0. The molecule has 1 aliphatic heterocycles. The Morgan fingerprint density at radius 1 is 1.59 bits per heavy atom. The first-order valence-corrected chi connectivity index (χ1v) is 6.85. The van der Waals surface area contributed by atoms with E-state index in [1.807, 2.05) is 6.92 Å². The number of hydrogen-bond acceptors (Lipinski definition) is 1. The van der Waals surface area contributed by atoms with Gasteiger partial charge in [-0.25, -0.2) is 4.39 Å². The molecule has 17 heavy (non-hydrogen) atoms. The fourth-order valence-electron chi connectivity index (χ4n) is 2.12. The molecule has 0 N–H and O–H groups in total. The largest absolute Gasteiger partial charge is 0.338 e. The second-order valence-electron chi connectivity index (χ2n) is 4.54. The molecule has 1 unspecified atom stereocenters. The smallest absolute Gasteiger partial charge is 0.256 e. The third-order valence-electron chi connectivity index (χ3n) is 3.14. The summed E-state index contributed by atoms with van der Waals surface area (Å²) in [6.45, 7) is 3.31. The molecule has 0 aliphatic carbocycles. The summed E-state index contributed by atoms with van der Waals surface area (Å²) >= 11 is 3.42. The van der Waals surface area contributed by atoms with E-state index >= 15 is 0 Å². The van der Waals surface area contributed by atoms with Crippen molar-refractivity contribution in [3.63, 3.8) is 0 Å². The molecule has 92 valence electrons. The molecule has 0 saturated carbocycles. The molecule has 4 heteroatoms. The van der Waals surface area contributed by atoms with Crippen molar-refractivity contribution in [3.05, 3.63) is 35.1 Å². The van der Waals surface area contributed by atoms with Gasteiger partial charge >= 0.3 is 0 Å². The van der Waals surface area contributed by atoms with E-state index in [9.17, 15) is 9.18 Å². The van der Waals surface area contributed by atoms with Crippen molar-refractivity contribution in [2.24, 2.45) is 5.92 Å². The highest BCUT2D eigenvalue weighted by atomic mass is 79.9. The van der Waals surface area contributed by atoms with Gasteiger partial charge in [-0.05, 0) is 31.4 Å². The Labute approximate surface area is 109 Å². The summed E-state index contributed by atoms with van der Waals surface area (Å²) in [6, 6.07) is 4.66. The lowest BCUT2D eigenvalue weighted by Gasteiger charge is -2.16. The average molecular weight is 300 g/mol. The van der Waals surface area contributed by atoms with Gasteiger partial charge in [0.1, 0.15) is 5.82 Å². The first-order valence-electron chi connectivity index (χ1n) is 5.73. The highest BCUT2D eigenvalue weighted by molar-refractivity contribution is 9.09. The van der Waals surface area contributed by atoms with Crippen LogP contribution in [0.5, 0.6) is 0 Å². The quantitative estimate of drug-likeness (QED) is 0.769. The zero-order valence-electron chi connectivity index (χ0n) is 9.75. The molecule has 0 bridgehead atoms. The number of halogens is 2. The van der Waals surface area contributed by atoms with Gasteiger partial charge in [0.15, 0.2) is 0 Å². The van der Waals surface area contributed by atoms with E-state index in [1.165, 1.54) is 6.07 Å². The Hall–Kier alpha value is -0.900. The van der Waals surface area contributed by atoms with E-state index < -0.39 is 5.82 Å². The number of rotatable bonds is 2. The maximum atomic E-state index is 13.6. The molecule has 1 aromatic carbocycles. The van der Waals surface area contributed by atoms with Gasteiger partial charge in [0, 0.05) is 18.4 Å². The summed E-state index contributed by atoms with van der Waals surface area (Å²) < 4.78 is 13.6. The molecule has 1 atom stereocenters. The van der Waals surface area contributed by atoms with Gasteiger partial charge in [0.25, 0.3) is 5.91 Å². The molecule has 1 aliphatic rings. The Kier molecular flexibility index (Phi) is 3.82. The van der Waals surface area contributed by atoms with Gasteiger partial charge < -0.3 is 4.90 Å². The second kappa shape index (κ2) is 5.17. The van der Waals surface area contributed by atoms with Gasteiger partial charge in [-0.2, -0.15) is 0 Å². The van der Waals surface area contributed by atoms with Crippen molar-refractivity contribution >= 4 is 21.8 Å². The number of carbonyl (C=O) groups is 1. The van der Waals surface area contributed by atoms with E-state index in [0.29, 0.717) is 5.92 Å². The molecule has 0 aromatic heterocycles. The van der Waals surface area contributed by atoms with Crippen LogP contribution in [0.4, 0.5) is 4.39 Å². The minimum absolute atomic E-state index is 0.186. The van der Waals surface area contributed by atoms with E-state index in [0.717, 1.165) is 30.4 Å². The van der Waals surface area contributed by atoms with Crippen LogP contribution in [-0.2, 0) is 0 Å². The maximum absolute atomic E-state index is 13.6. The Balaban J connectivity index is 2.17. The van der Waals surface area contributed by atoms with Gasteiger partial charge in [-0.1, -0.05) is 27.6 Å². The minimum atomic E-state index is -0.428. The molecule has 2 nitrogen and oxygen atoms in total. The molecular weight excluding hydrogens is 285 g/mol. The SMILES string of the molecule is Cc1ccc(F)c(C(=O)N2CCC(CBr)C2)c1. The first kappa shape index (κ1) is 12.6. The van der Waals surface area contributed by atoms with Crippen LogP contribution < -0.4 is 0 Å². The summed E-state index contributed by atoms with van der Waals surface area (Å²) in [5.74, 6) is -0.121. The number of aryl methyl sites for hydroxylation is 1. The van der Waals surface area contributed by atoms with Crippen LogP contribution in [-0.4, -0.2) is 29.2 Å². The fourth-order valence-corrected chi connectivity index (χ4v) is 2.64. The van der Waals surface area contributed by atoms with Gasteiger partial charge in [0.05, 0.1) is 5.56 Å². The number of benzene rings is 1. The zero-order valence-corrected chi connectivity index (χ0v) is 11.3. The molecular formula is C13H15BrFNO. The normalized spacial score (nSPS) is 19.7. The Bertz CT molecular complexity index is 435. The Morgan fingerprint density at radius 3 is 3.00 bits per heavy atom. The topological polar surface area (TPSA) is 20.3 Å². The lowest BCUT2D eigenvalue weighted by atomic mass is 10.1. The van der Waals surface area contributed by atoms with Crippen LogP contribution in [0.2, 0.25) is 0 Å². The van der Waals surface area contributed by atoms with Gasteiger partial charge in [-0.15, -0.1) is 0 Å². The number of hydrogen-bond donors (Lipinski definition) is 0. The summed E-state index contributed by atoms with van der Waals surface area (Å²) in [4.78, 5) is 13.9. The summed E-state index contributed by atoms with van der Waals surface area (Å²) in [6.07, 6.45) is 0.991. The average Bonchev–Trinajstić information content (AvgIpc) is 2.80. The molecule has 1 amide bonds. The van der Waals surface area contributed by atoms with Crippen LogP contribution in [0.1, 0.15) is 22.3 Å². The van der Waals surface area contributed by atoms with Crippen LogP contribution in [0.3, 0.4) is 0 Å². The van der Waals surface area contributed by atoms with Crippen LogP contribution in [0.15, 0.2) is 18.2 Å². The molecule has 1 aromatic rings. The number of alkyl halides is 1. The number of likely N-dealkylation sites (tertiary alicyclic amines) is 1. The van der Waals surface area contributed by atoms with E-state index in [-0.39, 0.29) is 11.5 Å². The van der Waals surface area contributed by atoms with Crippen molar-refractivity contribution in [1.82, 2.24) is 4.90 Å². The molecule has 0 spiro atoms. The molecule has 0 radical (unpaired) electrons. The van der Waals surface area contributed by atoms with Crippen molar-refractivity contribution in [2.75, 3.05) is 18.4 Å². The van der Waals surface area contributed by atoms with Gasteiger partial charge in [-0.3, -0.25) is 4.79 Å². The molecule has 1 saturated heterocycles. The van der Waals surface area contributed by atoms with Crippen molar-refractivity contribution < 1.29 is 9.18 Å². The minimum Gasteiger partial charge on any atom is -0.338 e. The van der Waals surface area contributed by atoms with E-state index in [2.05, 4.69) is 15.9 Å². The third-order valence-corrected chi connectivity index (χ3v) is 4.06. The number of carbonyl (C=O) groups excluding carboxylic acids is 1. The molecule has 1 fully saturated rings. The predicted octanol–water partition coefficient (Wildman–Crippen LogP) is 2.99. The van der Waals surface area contributed by atoms with Crippen LogP contribution in [0.25, 0.3) is 0 Å². The fraction of sp³-hybridized carbons (Fsp3) is 0.462. The third kappa shape index (κ3) is 2.68. The lowest BCUT2D eigenvalue weighted by Crippen LogP contribution is -2.29. The maximum Gasteiger partial charge on any atom is 0.256 e. The van der Waals surface area contributed by atoms with Crippen LogP contribution >= 0.6 is 15.9 Å². The molecule has 2 rings (SSSR count). The van der Waals surface area contributed by atoms with E-state index in [4.69, 9.17) is 0 Å². The second-order valence-corrected chi connectivity index (χ2v) is 5.19. The van der Waals surface area contributed by atoms with Gasteiger partial charge in [0.2, 0.25) is 0 Å². The predicted molar refractivity (Wildman–Crippen MR) is 68.9 cm³/mol. The number of amides is 1. The molecule has 1 heterocycles. The zero-order chi connectivity index (χ0) is 12.4. The number of nitrogens with zero attached hydrogens (tertiary/aromatic N) is 1. The first-order chi connectivity index (χ1) is 8.11. The van der Waals surface area contributed by atoms with Crippen molar-refractivity contribution in [3.8, 4) is 0 Å². The highest BCUT2D eigenvalue weighted by Gasteiger charge is 2.27. The highest BCUT2D eigenvalue weighted by Crippen LogP contribution is 2.21. The van der Waals surface area contributed by atoms with Crippen LogP contribution in [0, 0.1) is 18.7 Å². The monoisotopic (exact) mass is 299 g/mol. The van der Waals surface area contributed by atoms with Crippen molar-refractivity contribution in [2.45, 2.75) is 13.3 Å². The van der Waals surface area contributed by atoms with E-state index in [1.54, 1.807) is 17.0 Å². The standard InChI is InChI=1S/C13H15BrFNO/c1-9-2-3-12(15)11(6-9)13(17)16-5-4-10(7-14)8-16/h2-3,6,10H,4-5,7-8H2,1H3. The van der Waals surface area contributed by atoms with Crippen molar-refractivity contribution in [1.29, 1.82) is 0 Å². The Morgan fingerprint density at radius 2 is 2.35 bits per heavy atom. The lowest BCUT2D eigenvalue weighted by molar-refractivity contribution is 0.0783.